The molecular formula is C31H27N3O3. The SMILES string of the molecule is O=C(OCC1c2ccccc2-c2ccccc21)N1C2C=C(c3cnn(-c4ccccc4)c3)CC1COC2. The molecule has 2 bridgehead atoms. The van der Waals surface area contributed by atoms with E-state index < -0.39 is 0 Å². The van der Waals surface area contributed by atoms with Crippen molar-refractivity contribution in [3.63, 3.8) is 0 Å². The second kappa shape index (κ2) is 9.05. The van der Waals surface area contributed by atoms with Crippen LogP contribution in [0.1, 0.15) is 29.0 Å². The fourth-order valence-electron chi connectivity index (χ4n) is 5.97. The molecule has 0 spiro atoms. The van der Waals surface area contributed by atoms with Gasteiger partial charge in [0, 0.05) is 17.7 Å². The summed E-state index contributed by atoms with van der Waals surface area (Å²) in [5.41, 5.74) is 8.19. The predicted octanol–water partition coefficient (Wildman–Crippen LogP) is 5.68. The van der Waals surface area contributed by atoms with Crippen LogP contribution in [-0.2, 0) is 9.47 Å². The lowest BCUT2D eigenvalue weighted by atomic mass is 9.91. The minimum absolute atomic E-state index is 0.0483. The summed E-state index contributed by atoms with van der Waals surface area (Å²) in [6.07, 6.45) is 6.54. The van der Waals surface area contributed by atoms with Crippen molar-refractivity contribution in [3.8, 4) is 16.8 Å². The van der Waals surface area contributed by atoms with Crippen molar-refractivity contribution in [2.45, 2.75) is 24.4 Å². The van der Waals surface area contributed by atoms with Crippen LogP contribution in [0.4, 0.5) is 4.79 Å². The molecule has 0 saturated carbocycles. The summed E-state index contributed by atoms with van der Waals surface area (Å²) in [7, 11) is 0. The van der Waals surface area contributed by atoms with Gasteiger partial charge in [-0.05, 0) is 46.4 Å². The summed E-state index contributed by atoms with van der Waals surface area (Å²) in [5.74, 6) is 0.0483. The molecule has 2 aliphatic heterocycles. The Morgan fingerprint density at radius 3 is 2.35 bits per heavy atom. The second-order valence-electron chi connectivity index (χ2n) is 9.88. The highest BCUT2D eigenvalue weighted by atomic mass is 16.6. The highest BCUT2D eigenvalue weighted by Crippen LogP contribution is 2.44. The van der Waals surface area contributed by atoms with E-state index in [1.54, 1.807) is 0 Å². The molecule has 1 aliphatic carbocycles. The van der Waals surface area contributed by atoms with E-state index in [0.29, 0.717) is 26.2 Å². The van der Waals surface area contributed by atoms with E-state index in [4.69, 9.17) is 9.47 Å². The van der Waals surface area contributed by atoms with Crippen molar-refractivity contribution in [2.75, 3.05) is 19.8 Å². The molecule has 0 N–H and O–H groups in total. The Kier molecular flexibility index (Phi) is 5.40. The van der Waals surface area contributed by atoms with E-state index >= 15 is 0 Å². The Balaban J connectivity index is 1.10. The first-order valence-corrected chi connectivity index (χ1v) is 12.8. The van der Waals surface area contributed by atoms with E-state index in [0.717, 1.165) is 11.3 Å². The van der Waals surface area contributed by atoms with Crippen molar-refractivity contribution in [1.82, 2.24) is 14.7 Å². The number of hydrogen-bond acceptors (Lipinski definition) is 4. The monoisotopic (exact) mass is 489 g/mol. The van der Waals surface area contributed by atoms with E-state index in [-0.39, 0.29) is 24.1 Å². The number of carbonyl (C=O) groups is 1. The third-order valence-electron chi connectivity index (χ3n) is 7.72. The molecule has 1 aromatic heterocycles. The lowest BCUT2D eigenvalue weighted by molar-refractivity contribution is -0.0331. The standard InChI is InChI=1S/C31H27N3O3/c35-31(37-20-30-28-12-6-4-10-26(28)27-11-5-7-13-29(27)30)34-24-14-21(15-25(34)19-36-18-24)22-16-32-33(17-22)23-8-2-1-3-9-23/h1-14,16-17,24-25,30H,15,18-20H2. The van der Waals surface area contributed by atoms with Gasteiger partial charge >= 0.3 is 6.09 Å². The van der Waals surface area contributed by atoms with Gasteiger partial charge in [0.1, 0.15) is 6.61 Å². The van der Waals surface area contributed by atoms with E-state index in [9.17, 15) is 4.79 Å². The van der Waals surface area contributed by atoms with Gasteiger partial charge in [-0.25, -0.2) is 9.48 Å². The molecule has 184 valence electrons. The van der Waals surface area contributed by atoms with Crippen LogP contribution < -0.4 is 0 Å². The largest absolute Gasteiger partial charge is 0.448 e. The van der Waals surface area contributed by atoms with Crippen molar-refractivity contribution in [3.05, 3.63) is 114 Å². The number of rotatable bonds is 4. The number of nitrogens with zero attached hydrogens (tertiary/aromatic N) is 3. The average molecular weight is 490 g/mol. The van der Waals surface area contributed by atoms with Gasteiger partial charge in [0.05, 0.1) is 37.2 Å². The zero-order valence-electron chi connectivity index (χ0n) is 20.4. The molecule has 37 heavy (non-hydrogen) atoms. The van der Waals surface area contributed by atoms with Gasteiger partial charge in [-0.2, -0.15) is 5.10 Å². The third-order valence-corrected chi connectivity index (χ3v) is 7.72. The molecule has 0 radical (unpaired) electrons. The number of hydrogen-bond donors (Lipinski definition) is 0. The summed E-state index contributed by atoms with van der Waals surface area (Å²) in [4.78, 5) is 15.3. The summed E-state index contributed by atoms with van der Waals surface area (Å²) < 4.78 is 13.7. The second-order valence-corrected chi connectivity index (χ2v) is 9.88. The van der Waals surface area contributed by atoms with Crippen molar-refractivity contribution in [1.29, 1.82) is 0 Å². The molecule has 3 aliphatic rings. The number of benzene rings is 3. The summed E-state index contributed by atoms with van der Waals surface area (Å²) in [5, 5.41) is 4.56. The first-order valence-electron chi connectivity index (χ1n) is 12.8. The predicted molar refractivity (Wildman–Crippen MR) is 141 cm³/mol. The quantitative estimate of drug-likeness (QED) is 0.370. The maximum Gasteiger partial charge on any atom is 0.410 e. The van der Waals surface area contributed by atoms with Crippen LogP contribution in [-0.4, -0.2) is 52.7 Å². The zero-order chi connectivity index (χ0) is 24.8. The number of amides is 1. The molecule has 1 fully saturated rings. The lowest BCUT2D eigenvalue weighted by Gasteiger charge is -2.43. The Morgan fingerprint density at radius 2 is 1.62 bits per heavy atom. The Morgan fingerprint density at radius 1 is 0.919 bits per heavy atom. The number of para-hydroxylation sites is 1. The van der Waals surface area contributed by atoms with Gasteiger partial charge < -0.3 is 9.47 Å². The molecule has 6 nitrogen and oxygen atoms in total. The topological polar surface area (TPSA) is 56.6 Å². The molecular weight excluding hydrogens is 462 g/mol. The fraction of sp³-hybridized carbons (Fsp3) is 0.226. The van der Waals surface area contributed by atoms with Gasteiger partial charge in [-0.15, -0.1) is 0 Å². The number of ether oxygens (including phenoxy) is 2. The summed E-state index contributed by atoms with van der Waals surface area (Å²) in [6.45, 7) is 1.30. The van der Waals surface area contributed by atoms with Gasteiger partial charge in [0.15, 0.2) is 0 Å². The number of morpholine rings is 1. The lowest BCUT2D eigenvalue weighted by Crippen LogP contribution is -2.56. The molecule has 2 atom stereocenters. The van der Waals surface area contributed by atoms with E-state index in [1.165, 1.54) is 27.8 Å². The number of aromatic nitrogens is 2. The Labute approximate surface area is 215 Å². The van der Waals surface area contributed by atoms with Crippen molar-refractivity contribution < 1.29 is 14.3 Å². The Hall–Kier alpha value is -4.16. The highest BCUT2D eigenvalue weighted by Gasteiger charge is 2.40. The van der Waals surface area contributed by atoms with Crippen molar-refractivity contribution >= 4 is 11.7 Å². The van der Waals surface area contributed by atoms with Crippen LogP contribution in [0.3, 0.4) is 0 Å². The van der Waals surface area contributed by atoms with Crippen molar-refractivity contribution in [2.24, 2.45) is 0 Å². The average Bonchev–Trinajstić information content (AvgIpc) is 3.55. The first-order chi connectivity index (χ1) is 18.3. The normalized spacial score (nSPS) is 20.2. The van der Waals surface area contributed by atoms with Gasteiger partial charge in [-0.3, -0.25) is 4.90 Å². The van der Waals surface area contributed by atoms with E-state index in [2.05, 4.69) is 65.9 Å². The molecule has 1 amide bonds. The molecule has 1 saturated heterocycles. The maximum atomic E-state index is 13.4. The van der Waals surface area contributed by atoms with E-state index in [1.807, 2.05) is 46.1 Å². The van der Waals surface area contributed by atoms with Crippen LogP contribution in [0.15, 0.2) is 97.3 Å². The molecule has 6 heteroatoms. The van der Waals surface area contributed by atoms with Crippen LogP contribution in [0.2, 0.25) is 0 Å². The molecule has 3 heterocycles. The molecule has 2 unspecified atom stereocenters. The number of fused-ring (bicyclic) bond motifs is 5. The highest BCUT2D eigenvalue weighted by molar-refractivity contribution is 5.79. The maximum absolute atomic E-state index is 13.4. The fourth-order valence-corrected chi connectivity index (χ4v) is 5.97. The van der Waals surface area contributed by atoms with Crippen LogP contribution in [0, 0.1) is 0 Å². The molecule has 7 rings (SSSR count). The van der Waals surface area contributed by atoms with Crippen LogP contribution >= 0.6 is 0 Å². The smallest absolute Gasteiger partial charge is 0.410 e. The zero-order valence-corrected chi connectivity index (χ0v) is 20.4. The van der Waals surface area contributed by atoms with Gasteiger partial charge in [-0.1, -0.05) is 72.8 Å². The molecule has 3 aromatic carbocycles. The minimum Gasteiger partial charge on any atom is -0.448 e. The van der Waals surface area contributed by atoms with Crippen LogP contribution in [0.25, 0.3) is 22.4 Å². The summed E-state index contributed by atoms with van der Waals surface area (Å²) in [6, 6.07) is 26.7. The third kappa shape index (κ3) is 3.85. The molecule has 4 aromatic rings. The van der Waals surface area contributed by atoms with Crippen LogP contribution in [0.5, 0.6) is 0 Å². The minimum atomic E-state index is -0.268. The Bertz CT molecular complexity index is 1450. The first kappa shape index (κ1) is 22.1. The van der Waals surface area contributed by atoms with Gasteiger partial charge in [0.2, 0.25) is 0 Å². The summed E-state index contributed by atoms with van der Waals surface area (Å²) >= 11 is 0. The van der Waals surface area contributed by atoms with Gasteiger partial charge in [0.25, 0.3) is 0 Å². The number of carbonyl (C=O) groups excluding carboxylic acids is 1.